The lowest BCUT2D eigenvalue weighted by molar-refractivity contribution is -0.938. The van der Waals surface area contributed by atoms with E-state index in [9.17, 15) is 36.2 Å². The van der Waals surface area contributed by atoms with Crippen LogP contribution in [-0.2, 0) is 32.2 Å². The van der Waals surface area contributed by atoms with E-state index >= 15 is 0 Å². The monoisotopic (exact) mass is 516 g/mol. The summed E-state index contributed by atoms with van der Waals surface area (Å²) in [4.78, 5) is 13.5. The summed E-state index contributed by atoms with van der Waals surface area (Å²) < 4.78 is 92.4. The predicted octanol–water partition coefficient (Wildman–Crippen LogP) is 4.26. The summed E-state index contributed by atoms with van der Waals surface area (Å²) in [6.45, 7) is 0. The maximum absolute atomic E-state index is 13.5. The topological polar surface area (TPSA) is 59.1 Å². The summed E-state index contributed by atoms with van der Waals surface area (Å²) >= 11 is 0. The third-order valence-corrected chi connectivity index (χ3v) is 7.82. The molecule has 5 rings (SSSR count). The molecule has 11 heteroatoms. The van der Waals surface area contributed by atoms with Crippen LogP contribution in [-0.4, -0.2) is 60.0 Å². The minimum absolute atomic E-state index is 0.0273. The molecule has 3 aliphatic heterocycles. The molecule has 3 saturated heterocycles. The molecule has 3 unspecified atom stereocenters. The highest BCUT2D eigenvalue weighted by molar-refractivity contribution is 5.85. The third-order valence-electron chi connectivity index (χ3n) is 7.82. The van der Waals surface area contributed by atoms with Gasteiger partial charge in [0.05, 0.1) is 25.2 Å². The van der Waals surface area contributed by atoms with Gasteiger partial charge in [0.25, 0.3) is 0 Å². The van der Waals surface area contributed by atoms with Gasteiger partial charge < -0.3 is 19.1 Å². The first-order chi connectivity index (χ1) is 16.6. The number of halogens is 6. The molecule has 194 valence electrons. The molecule has 0 spiro atoms. The van der Waals surface area contributed by atoms with E-state index in [1.165, 1.54) is 0 Å². The Bertz CT molecular complexity index is 1120. The van der Waals surface area contributed by atoms with Gasteiger partial charge in [0.15, 0.2) is 0 Å². The smallest absolute Gasteiger partial charge is 0.416 e. The van der Waals surface area contributed by atoms with Crippen molar-refractivity contribution in [2.24, 2.45) is 0 Å². The van der Waals surface area contributed by atoms with Gasteiger partial charge in [-0.1, -0.05) is 24.3 Å². The number of morpholine rings is 1. The molecule has 5 atom stereocenters. The van der Waals surface area contributed by atoms with Crippen molar-refractivity contribution >= 4 is 5.97 Å². The number of alkyl halides is 6. The lowest BCUT2D eigenvalue weighted by Crippen LogP contribution is -2.60. The van der Waals surface area contributed by atoms with Crippen molar-refractivity contribution in [3.63, 3.8) is 0 Å². The van der Waals surface area contributed by atoms with Crippen LogP contribution < -0.4 is 0 Å². The molecule has 36 heavy (non-hydrogen) atoms. The molecular formula is C25H24F6NO4+. The fourth-order valence-electron chi connectivity index (χ4n) is 5.78. The van der Waals surface area contributed by atoms with Crippen molar-refractivity contribution in [3.8, 4) is 0 Å². The Morgan fingerprint density at radius 1 is 0.861 bits per heavy atom. The van der Waals surface area contributed by atoms with Crippen LogP contribution in [0.25, 0.3) is 0 Å². The van der Waals surface area contributed by atoms with Crippen molar-refractivity contribution in [1.82, 2.24) is 0 Å². The number of aliphatic hydroxyl groups is 1. The standard InChI is InChI=1S/C25H24F6NO4/c1-32(2)18-11-17(12-19(32)21-20(18)36-21)35-22(33)23(34,13-5-3-7-15(9-13)24(26,27)28)14-6-4-8-16(10-14)25(29,30)31/h3-10,17-21,34H,11-12H2,1-2H3/q+1/t17?,18-,19?,20+,21?/m0/s1. The van der Waals surface area contributed by atoms with E-state index in [1.807, 2.05) is 14.1 Å². The van der Waals surface area contributed by atoms with Crippen LogP contribution in [0.4, 0.5) is 26.3 Å². The number of carbonyl (C=O) groups is 1. The first kappa shape index (κ1) is 25.0. The second kappa shape index (κ2) is 7.93. The first-order valence-corrected chi connectivity index (χ1v) is 11.4. The number of piperidine rings is 1. The number of quaternary nitrogens is 1. The number of esters is 1. The van der Waals surface area contributed by atoms with Crippen LogP contribution >= 0.6 is 0 Å². The van der Waals surface area contributed by atoms with Crippen molar-refractivity contribution in [2.45, 2.75) is 61.2 Å². The van der Waals surface area contributed by atoms with E-state index in [-0.39, 0.29) is 24.3 Å². The summed E-state index contributed by atoms with van der Waals surface area (Å²) in [6.07, 6.45) is -9.42. The molecule has 3 aliphatic rings. The molecule has 3 fully saturated rings. The van der Waals surface area contributed by atoms with Crippen molar-refractivity contribution in [1.29, 1.82) is 0 Å². The summed E-state index contributed by atoms with van der Waals surface area (Å²) in [5.74, 6) is -1.33. The summed E-state index contributed by atoms with van der Waals surface area (Å²) in [5, 5.41) is 11.6. The second-order valence-corrected chi connectivity index (χ2v) is 10.2. The zero-order valence-electron chi connectivity index (χ0n) is 19.3. The number of likely N-dealkylation sites (N-methyl/N-ethyl adjacent to an activating group) is 1. The van der Waals surface area contributed by atoms with Gasteiger partial charge in [0.1, 0.15) is 30.4 Å². The van der Waals surface area contributed by atoms with Crippen molar-refractivity contribution in [2.75, 3.05) is 14.1 Å². The van der Waals surface area contributed by atoms with Gasteiger partial charge in [-0.3, -0.25) is 0 Å². The summed E-state index contributed by atoms with van der Waals surface area (Å²) in [7, 11) is 4.09. The van der Waals surface area contributed by atoms with Crippen LogP contribution in [0.5, 0.6) is 0 Å². The molecule has 5 nitrogen and oxygen atoms in total. The number of hydrogen-bond acceptors (Lipinski definition) is 4. The number of ether oxygens (including phenoxy) is 2. The van der Waals surface area contributed by atoms with Gasteiger partial charge >= 0.3 is 18.3 Å². The summed E-state index contributed by atoms with van der Waals surface area (Å²) in [6, 6.07) is 6.73. The van der Waals surface area contributed by atoms with Gasteiger partial charge in [-0.15, -0.1) is 0 Å². The van der Waals surface area contributed by atoms with Crippen molar-refractivity contribution in [3.05, 3.63) is 70.8 Å². The Morgan fingerprint density at radius 2 is 1.28 bits per heavy atom. The van der Waals surface area contributed by atoms with Crippen LogP contribution in [0.3, 0.4) is 0 Å². The fourth-order valence-corrected chi connectivity index (χ4v) is 5.78. The maximum atomic E-state index is 13.5. The van der Waals surface area contributed by atoms with Gasteiger partial charge in [0.2, 0.25) is 5.60 Å². The second-order valence-electron chi connectivity index (χ2n) is 10.2. The number of hydrogen-bond donors (Lipinski definition) is 1. The Hall–Kier alpha value is -2.63. The van der Waals surface area contributed by atoms with Crippen molar-refractivity contribution < 1.29 is 50.2 Å². The molecule has 0 radical (unpaired) electrons. The number of fused-ring (bicyclic) bond motifs is 5. The van der Waals surface area contributed by atoms with Gasteiger partial charge in [-0.2, -0.15) is 26.3 Å². The molecule has 2 bridgehead atoms. The predicted molar refractivity (Wildman–Crippen MR) is 113 cm³/mol. The van der Waals surface area contributed by atoms with E-state index in [0.29, 0.717) is 29.5 Å². The lowest BCUT2D eigenvalue weighted by atomic mass is 9.84. The average Bonchev–Trinajstić information content (AvgIpc) is 3.56. The Labute approximate surface area is 202 Å². The molecule has 0 aliphatic carbocycles. The number of rotatable bonds is 4. The fraction of sp³-hybridized carbons (Fsp3) is 0.480. The average molecular weight is 516 g/mol. The molecule has 0 amide bonds. The molecule has 3 heterocycles. The zero-order valence-corrected chi connectivity index (χ0v) is 19.3. The van der Waals surface area contributed by atoms with Crippen LogP contribution in [0.15, 0.2) is 48.5 Å². The minimum Gasteiger partial charge on any atom is -0.459 e. The van der Waals surface area contributed by atoms with E-state index in [4.69, 9.17) is 9.47 Å². The first-order valence-electron chi connectivity index (χ1n) is 11.4. The van der Waals surface area contributed by atoms with Crippen LogP contribution in [0.1, 0.15) is 35.1 Å². The lowest BCUT2D eigenvalue weighted by Gasteiger charge is -2.45. The molecule has 1 N–H and O–H groups in total. The molecule has 2 aromatic rings. The number of epoxide rings is 1. The Balaban J connectivity index is 1.52. The maximum Gasteiger partial charge on any atom is 0.416 e. The van der Waals surface area contributed by atoms with E-state index in [2.05, 4.69) is 0 Å². The highest BCUT2D eigenvalue weighted by Crippen LogP contribution is 2.52. The Morgan fingerprint density at radius 3 is 1.69 bits per heavy atom. The molecule has 2 aromatic carbocycles. The van der Waals surface area contributed by atoms with E-state index in [1.54, 1.807) is 0 Å². The third kappa shape index (κ3) is 3.97. The van der Waals surface area contributed by atoms with Crippen LogP contribution in [0.2, 0.25) is 0 Å². The molecule has 0 saturated carbocycles. The van der Waals surface area contributed by atoms with E-state index in [0.717, 1.165) is 36.4 Å². The van der Waals surface area contributed by atoms with Gasteiger partial charge in [-0.05, 0) is 24.3 Å². The number of nitrogens with zero attached hydrogens (tertiary/aromatic N) is 1. The largest absolute Gasteiger partial charge is 0.459 e. The van der Waals surface area contributed by atoms with E-state index < -0.39 is 52.3 Å². The SMILES string of the molecule is C[N+]1(C)C2CC(OC(=O)C(O)(c3cccc(C(F)(F)F)c3)c3cccc(C(F)(F)F)c3)C[C@H]1[C@H]1OC21. The number of benzene rings is 2. The molecule has 0 aromatic heterocycles. The summed E-state index contributed by atoms with van der Waals surface area (Å²) in [5.41, 5.74) is -6.30. The normalized spacial score (nSPS) is 29.0. The number of carbonyl (C=O) groups excluding carboxylic acids is 1. The highest BCUT2D eigenvalue weighted by Gasteiger charge is 2.71. The zero-order chi connectivity index (χ0) is 26.3. The van der Waals surface area contributed by atoms with Gasteiger partial charge in [0, 0.05) is 24.0 Å². The Kier molecular flexibility index (Phi) is 5.52. The minimum atomic E-state index is -4.80. The van der Waals surface area contributed by atoms with Crippen LogP contribution in [0, 0.1) is 0 Å². The highest BCUT2D eigenvalue weighted by atomic mass is 19.4. The van der Waals surface area contributed by atoms with Gasteiger partial charge in [-0.25, -0.2) is 4.79 Å². The molecular weight excluding hydrogens is 492 g/mol. The quantitative estimate of drug-likeness (QED) is 0.286.